The van der Waals surface area contributed by atoms with E-state index >= 15 is 0 Å². The van der Waals surface area contributed by atoms with Gasteiger partial charge in [-0.1, -0.05) is 25.3 Å². The van der Waals surface area contributed by atoms with E-state index in [1.54, 1.807) is 47.6 Å². The molecule has 0 bridgehead atoms. The maximum absolute atomic E-state index is 14.3. The molecular weight excluding hydrogens is 569 g/mol. The maximum Gasteiger partial charge on any atom is 0.417 e. The quantitative estimate of drug-likeness (QED) is 0.341. The number of benzene rings is 1. The lowest BCUT2D eigenvalue weighted by molar-refractivity contribution is -0.139. The molecule has 1 aliphatic carbocycles. The third-order valence-corrected chi connectivity index (χ3v) is 9.44. The Bertz CT molecular complexity index is 1420. The minimum atomic E-state index is -4.94. The molecule has 0 spiro atoms. The summed E-state index contributed by atoms with van der Waals surface area (Å²) < 4.78 is 73.0. The van der Waals surface area contributed by atoms with Crippen molar-refractivity contribution in [3.63, 3.8) is 0 Å². The van der Waals surface area contributed by atoms with E-state index in [2.05, 4.69) is 15.4 Å². The normalized spacial score (nSPS) is 15.5. The molecule has 234 valence electrons. The summed E-state index contributed by atoms with van der Waals surface area (Å²) in [5, 5.41) is 5.37. The minimum absolute atomic E-state index is 0.0552. The highest BCUT2D eigenvalue weighted by atomic mass is 32.2. The SMILES string of the molecule is CNC(=O)C(C)(C)CNC(=O)c1cc(-c2ccc(S(=O)(=O)NC(C)(C)C)c(C(F)(F)F)c2)n(CC2CCCCC2)c1C. The van der Waals surface area contributed by atoms with Crippen LogP contribution in [-0.4, -0.2) is 43.9 Å². The van der Waals surface area contributed by atoms with Crippen molar-refractivity contribution < 1.29 is 31.2 Å². The van der Waals surface area contributed by atoms with Crippen LogP contribution in [0.4, 0.5) is 13.2 Å². The Labute approximate surface area is 246 Å². The van der Waals surface area contributed by atoms with Crippen molar-refractivity contribution in [2.75, 3.05) is 13.6 Å². The van der Waals surface area contributed by atoms with E-state index in [1.165, 1.54) is 13.1 Å². The summed E-state index contributed by atoms with van der Waals surface area (Å²) in [6.45, 7) is 10.4. The lowest BCUT2D eigenvalue weighted by Crippen LogP contribution is -2.43. The van der Waals surface area contributed by atoms with Gasteiger partial charge in [0.2, 0.25) is 15.9 Å². The fourth-order valence-corrected chi connectivity index (χ4v) is 7.02. The third kappa shape index (κ3) is 7.94. The number of carbonyl (C=O) groups is 2. The van der Waals surface area contributed by atoms with Crippen molar-refractivity contribution in [1.82, 2.24) is 19.9 Å². The van der Waals surface area contributed by atoms with Gasteiger partial charge in [-0.15, -0.1) is 0 Å². The standard InChI is InChI=1S/C30H43F3N4O4S/c1-19-22(26(38)35-18-29(5,6)27(39)34-7)16-24(37(19)17-20-11-9-8-10-12-20)21-13-14-25(23(15-21)30(31,32)33)42(40,41)36-28(2,3)4/h13-16,20,36H,8-12,17-18H2,1-7H3,(H,34,39)(H,35,38). The molecule has 0 radical (unpaired) electrons. The topological polar surface area (TPSA) is 109 Å². The first-order chi connectivity index (χ1) is 19.3. The van der Waals surface area contributed by atoms with E-state index in [1.807, 2.05) is 4.57 Å². The zero-order valence-corrected chi connectivity index (χ0v) is 26.3. The van der Waals surface area contributed by atoms with Gasteiger partial charge in [-0.05, 0) is 84.1 Å². The zero-order valence-electron chi connectivity index (χ0n) is 25.5. The summed E-state index contributed by atoms with van der Waals surface area (Å²) in [7, 11) is -2.97. The molecule has 2 amide bonds. The molecular formula is C30H43F3N4O4S. The molecule has 1 heterocycles. The van der Waals surface area contributed by atoms with Crippen molar-refractivity contribution in [2.45, 2.75) is 96.8 Å². The Kier molecular flexibility index (Phi) is 9.93. The van der Waals surface area contributed by atoms with Crippen LogP contribution in [0.3, 0.4) is 0 Å². The number of carbonyl (C=O) groups excluding carboxylic acids is 2. The number of hydrogen-bond donors (Lipinski definition) is 3. The van der Waals surface area contributed by atoms with Gasteiger partial charge in [0.1, 0.15) is 0 Å². The van der Waals surface area contributed by atoms with Crippen LogP contribution in [0.15, 0.2) is 29.2 Å². The van der Waals surface area contributed by atoms with E-state index in [9.17, 15) is 31.2 Å². The Morgan fingerprint density at radius 2 is 1.62 bits per heavy atom. The highest BCUT2D eigenvalue weighted by Gasteiger charge is 2.39. The van der Waals surface area contributed by atoms with Gasteiger partial charge < -0.3 is 15.2 Å². The highest BCUT2D eigenvalue weighted by Crippen LogP contribution is 2.39. The van der Waals surface area contributed by atoms with Crippen molar-refractivity contribution in [2.24, 2.45) is 11.3 Å². The number of alkyl halides is 3. The Hall–Kier alpha value is -2.86. The van der Waals surface area contributed by atoms with Gasteiger partial charge in [0.15, 0.2) is 0 Å². The minimum Gasteiger partial charge on any atom is -0.359 e. The average Bonchev–Trinajstić information content (AvgIpc) is 3.21. The molecule has 0 saturated heterocycles. The number of rotatable bonds is 9. The average molecular weight is 613 g/mol. The zero-order chi connectivity index (χ0) is 31.7. The number of sulfonamides is 1. The number of hydrogen-bond acceptors (Lipinski definition) is 4. The Morgan fingerprint density at radius 3 is 2.17 bits per heavy atom. The molecule has 2 aromatic rings. The summed E-state index contributed by atoms with van der Waals surface area (Å²) in [5.74, 6) is -0.395. The summed E-state index contributed by atoms with van der Waals surface area (Å²) in [6, 6.07) is 4.73. The van der Waals surface area contributed by atoms with Gasteiger partial charge >= 0.3 is 6.18 Å². The predicted molar refractivity (Wildman–Crippen MR) is 156 cm³/mol. The first-order valence-corrected chi connectivity index (χ1v) is 15.7. The van der Waals surface area contributed by atoms with Crippen LogP contribution < -0.4 is 15.4 Å². The number of amides is 2. The molecule has 3 rings (SSSR count). The molecule has 0 unspecified atom stereocenters. The molecule has 12 heteroatoms. The van der Waals surface area contributed by atoms with Crippen molar-refractivity contribution in [3.05, 3.63) is 41.1 Å². The van der Waals surface area contributed by atoms with Gasteiger partial charge in [0.05, 0.1) is 21.4 Å². The molecule has 1 aliphatic rings. The van der Waals surface area contributed by atoms with Crippen LogP contribution >= 0.6 is 0 Å². The summed E-state index contributed by atoms with van der Waals surface area (Å²) in [4.78, 5) is 24.7. The number of nitrogens with one attached hydrogen (secondary N) is 3. The molecule has 42 heavy (non-hydrogen) atoms. The molecule has 1 aromatic carbocycles. The monoisotopic (exact) mass is 612 g/mol. The molecule has 1 saturated carbocycles. The van der Waals surface area contributed by atoms with Gasteiger partial charge in [-0.3, -0.25) is 9.59 Å². The van der Waals surface area contributed by atoms with Crippen LogP contribution in [-0.2, 0) is 27.5 Å². The first kappa shape index (κ1) is 33.6. The van der Waals surface area contributed by atoms with Crippen LogP contribution in [0.2, 0.25) is 0 Å². The van der Waals surface area contributed by atoms with Crippen LogP contribution in [0, 0.1) is 18.3 Å². The highest BCUT2D eigenvalue weighted by molar-refractivity contribution is 7.89. The third-order valence-electron chi connectivity index (χ3n) is 7.62. The van der Waals surface area contributed by atoms with Crippen LogP contribution in [0.1, 0.15) is 88.3 Å². The number of aromatic nitrogens is 1. The molecule has 0 aliphatic heterocycles. The van der Waals surface area contributed by atoms with Crippen molar-refractivity contribution in [1.29, 1.82) is 0 Å². The molecule has 1 aromatic heterocycles. The largest absolute Gasteiger partial charge is 0.417 e. The van der Waals surface area contributed by atoms with Crippen molar-refractivity contribution >= 4 is 21.8 Å². The maximum atomic E-state index is 14.3. The van der Waals surface area contributed by atoms with Gasteiger partial charge in [-0.2, -0.15) is 13.2 Å². The second-order valence-corrected chi connectivity index (χ2v) is 14.5. The number of halogens is 3. The van der Waals surface area contributed by atoms with Gasteiger partial charge in [0, 0.05) is 37.1 Å². The second kappa shape index (κ2) is 12.4. The lowest BCUT2D eigenvalue weighted by Gasteiger charge is -2.25. The van der Waals surface area contributed by atoms with E-state index in [-0.39, 0.29) is 23.6 Å². The molecule has 3 N–H and O–H groups in total. The van der Waals surface area contributed by atoms with Crippen LogP contribution in [0.25, 0.3) is 11.3 Å². The number of nitrogens with zero attached hydrogens (tertiary/aromatic N) is 1. The van der Waals surface area contributed by atoms with E-state index in [0.717, 1.165) is 44.2 Å². The molecule has 0 atom stereocenters. The fraction of sp³-hybridized carbons (Fsp3) is 0.600. The smallest absolute Gasteiger partial charge is 0.359 e. The first-order valence-electron chi connectivity index (χ1n) is 14.2. The van der Waals surface area contributed by atoms with E-state index in [0.29, 0.717) is 23.9 Å². The lowest BCUT2D eigenvalue weighted by atomic mass is 9.89. The Morgan fingerprint density at radius 1 is 1.00 bits per heavy atom. The summed E-state index contributed by atoms with van der Waals surface area (Å²) in [6.07, 6.45) is 0.266. The van der Waals surface area contributed by atoms with Crippen LogP contribution in [0.5, 0.6) is 0 Å². The summed E-state index contributed by atoms with van der Waals surface area (Å²) in [5.41, 5.74) is -1.72. The fourth-order valence-electron chi connectivity index (χ4n) is 5.40. The summed E-state index contributed by atoms with van der Waals surface area (Å²) >= 11 is 0. The van der Waals surface area contributed by atoms with Gasteiger partial charge in [0.25, 0.3) is 5.91 Å². The Balaban J connectivity index is 2.12. The predicted octanol–water partition coefficient (Wildman–Crippen LogP) is 5.64. The molecule has 8 nitrogen and oxygen atoms in total. The van der Waals surface area contributed by atoms with E-state index in [4.69, 9.17) is 0 Å². The van der Waals surface area contributed by atoms with Gasteiger partial charge in [-0.25, -0.2) is 13.1 Å². The van der Waals surface area contributed by atoms with Crippen molar-refractivity contribution in [3.8, 4) is 11.3 Å². The second-order valence-electron chi connectivity index (χ2n) is 12.9. The molecule has 1 fully saturated rings. The van der Waals surface area contributed by atoms with E-state index < -0.39 is 43.5 Å².